The van der Waals surface area contributed by atoms with Crippen molar-refractivity contribution in [1.82, 2.24) is 0 Å². The van der Waals surface area contributed by atoms with Crippen LogP contribution in [0.4, 0.5) is 0 Å². The van der Waals surface area contributed by atoms with Gasteiger partial charge in [-0.15, -0.1) is 0 Å². The Kier molecular flexibility index (Phi) is 7.43. The summed E-state index contributed by atoms with van der Waals surface area (Å²) in [4.78, 5) is 21.2. The summed E-state index contributed by atoms with van der Waals surface area (Å²) in [5, 5.41) is 0. The summed E-state index contributed by atoms with van der Waals surface area (Å²) < 4.78 is 0. The fourth-order valence-electron chi connectivity index (χ4n) is 0.861. The maximum Gasteiger partial charge on any atom is 1.00 e. The van der Waals surface area contributed by atoms with Crippen molar-refractivity contribution >= 4 is 11.6 Å². The molecule has 0 aliphatic heterocycles. The first-order valence-electron chi connectivity index (χ1n) is 3.10. The first-order chi connectivity index (χ1) is 4.09. The summed E-state index contributed by atoms with van der Waals surface area (Å²) in [6, 6.07) is 0. The monoisotopic (exact) mass is 235 g/mol. The minimum Gasteiger partial charge on any atom is -0.299 e. The molecule has 0 aromatic heterocycles. The molecule has 0 saturated carbocycles. The summed E-state index contributed by atoms with van der Waals surface area (Å²) in [5.74, 6) is -0.403. The van der Waals surface area contributed by atoms with Crippen LogP contribution in [0.3, 0.4) is 0 Å². The molecule has 0 unspecified atom stereocenters. The van der Waals surface area contributed by atoms with Crippen LogP contribution in [0.5, 0.6) is 0 Å². The van der Waals surface area contributed by atoms with E-state index in [1.54, 1.807) is 0 Å². The molecule has 0 aliphatic carbocycles. The van der Waals surface area contributed by atoms with Crippen molar-refractivity contribution < 1.29 is 32.0 Å². The van der Waals surface area contributed by atoms with Crippen LogP contribution in [0.2, 0.25) is 0 Å². The van der Waals surface area contributed by atoms with Crippen LogP contribution in [0, 0.1) is 5.92 Å². The van der Waals surface area contributed by atoms with E-state index in [9.17, 15) is 9.59 Å². The predicted molar refractivity (Wildman–Crippen MR) is 35.1 cm³/mol. The van der Waals surface area contributed by atoms with E-state index in [1.807, 2.05) is 6.92 Å². The van der Waals surface area contributed by atoms with Gasteiger partial charge in [0.1, 0.15) is 11.6 Å². The van der Waals surface area contributed by atoms with Crippen LogP contribution < -0.4 is 0 Å². The zero-order valence-electron chi connectivity index (χ0n) is 6.40. The average molecular weight is 236 g/mol. The number of carbonyl (C=O) groups excluding carboxylic acids is 2. The molecule has 0 N–H and O–H groups in total. The number of hydrogen-bond acceptors (Lipinski definition) is 2. The Morgan fingerprint density at radius 3 is 1.50 bits per heavy atom. The van der Waals surface area contributed by atoms with Gasteiger partial charge in [0.15, 0.2) is 0 Å². The average Bonchev–Trinajstić information content (AvgIpc) is 1.64. The van der Waals surface area contributed by atoms with Gasteiger partial charge in [-0.1, -0.05) is 6.92 Å². The van der Waals surface area contributed by atoms with Crippen LogP contribution in [0.1, 0.15) is 27.2 Å². The van der Waals surface area contributed by atoms with Crippen molar-refractivity contribution in [2.24, 2.45) is 5.92 Å². The quantitative estimate of drug-likeness (QED) is 0.544. The summed E-state index contributed by atoms with van der Waals surface area (Å²) in [6.07, 6.45) is 0.630. The fraction of sp³-hybridized carbons (Fsp3) is 0.714. The van der Waals surface area contributed by atoms with Crippen LogP contribution in [-0.2, 0) is 32.0 Å². The van der Waals surface area contributed by atoms with Crippen molar-refractivity contribution in [2.75, 3.05) is 0 Å². The van der Waals surface area contributed by atoms with Gasteiger partial charge in [0.05, 0.1) is 5.92 Å². The normalized spacial score (nSPS) is 8.80. The standard InChI is InChI=1S/C7H12O2.Ag/c1-4-7(5(2)8)6(3)9;/h7H,4H2,1-3H3;/q;+1. The Morgan fingerprint density at radius 2 is 1.50 bits per heavy atom. The summed E-state index contributed by atoms with van der Waals surface area (Å²) in [6.45, 7) is 4.75. The second-order valence-corrected chi connectivity index (χ2v) is 2.18. The zero-order valence-corrected chi connectivity index (χ0v) is 7.88. The molecule has 0 rings (SSSR count). The van der Waals surface area contributed by atoms with E-state index in [1.165, 1.54) is 13.8 Å². The molecule has 62 valence electrons. The Bertz CT molecular complexity index is 118. The van der Waals surface area contributed by atoms with Crippen molar-refractivity contribution in [3.05, 3.63) is 0 Å². The first-order valence-corrected chi connectivity index (χ1v) is 3.10. The maximum atomic E-state index is 10.6. The molecule has 0 spiro atoms. The van der Waals surface area contributed by atoms with Gasteiger partial charge in [0, 0.05) is 0 Å². The predicted octanol–water partition coefficient (Wildman–Crippen LogP) is 1.19. The molecule has 0 saturated heterocycles. The number of ketones is 2. The van der Waals surface area contributed by atoms with Crippen molar-refractivity contribution in [2.45, 2.75) is 27.2 Å². The van der Waals surface area contributed by atoms with Gasteiger partial charge in [-0.05, 0) is 20.3 Å². The van der Waals surface area contributed by atoms with E-state index in [4.69, 9.17) is 0 Å². The molecule has 0 aliphatic rings. The molecule has 0 radical (unpaired) electrons. The molecule has 0 aromatic rings. The number of rotatable bonds is 3. The molecule has 0 heterocycles. The summed E-state index contributed by atoms with van der Waals surface area (Å²) >= 11 is 0. The van der Waals surface area contributed by atoms with E-state index >= 15 is 0 Å². The smallest absolute Gasteiger partial charge is 0.299 e. The third-order valence-corrected chi connectivity index (χ3v) is 1.39. The molecule has 0 amide bonds. The zero-order chi connectivity index (χ0) is 7.44. The second kappa shape index (κ2) is 5.83. The van der Waals surface area contributed by atoms with Crippen LogP contribution >= 0.6 is 0 Å². The van der Waals surface area contributed by atoms with Gasteiger partial charge >= 0.3 is 22.4 Å². The van der Waals surface area contributed by atoms with E-state index in [0.717, 1.165) is 0 Å². The molecule has 10 heavy (non-hydrogen) atoms. The summed E-state index contributed by atoms with van der Waals surface area (Å²) in [7, 11) is 0. The first kappa shape index (κ1) is 12.7. The fourth-order valence-corrected chi connectivity index (χ4v) is 0.861. The molecular weight excluding hydrogens is 224 g/mol. The van der Waals surface area contributed by atoms with Gasteiger partial charge in [-0.25, -0.2) is 0 Å². The number of hydrogen-bond donors (Lipinski definition) is 0. The Hall–Kier alpha value is 0.0803. The Morgan fingerprint density at radius 1 is 1.20 bits per heavy atom. The van der Waals surface area contributed by atoms with Gasteiger partial charge in [-0.3, -0.25) is 9.59 Å². The molecule has 0 fully saturated rings. The van der Waals surface area contributed by atoms with Gasteiger partial charge in [0.2, 0.25) is 0 Å². The van der Waals surface area contributed by atoms with Gasteiger partial charge in [-0.2, -0.15) is 0 Å². The van der Waals surface area contributed by atoms with E-state index in [0.29, 0.717) is 6.42 Å². The van der Waals surface area contributed by atoms with Crippen LogP contribution in [0.15, 0.2) is 0 Å². The Labute approximate surface area is 76.9 Å². The minimum atomic E-state index is -0.356. The number of Topliss-reactive ketones (excluding diaryl/α,β-unsaturated/α-hetero) is 2. The largest absolute Gasteiger partial charge is 1.00 e. The second-order valence-electron chi connectivity index (χ2n) is 2.18. The molecule has 0 bridgehead atoms. The molecule has 3 heteroatoms. The number of carbonyl (C=O) groups is 2. The Balaban J connectivity index is 0. The van der Waals surface area contributed by atoms with Crippen LogP contribution in [0.25, 0.3) is 0 Å². The SMILES string of the molecule is CCC(C(C)=O)C(C)=O.[Ag+]. The minimum absolute atomic E-state index is 0. The third kappa shape index (κ3) is 3.99. The van der Waals surface area contributed by atoms with Crippen molar-refractivity contribution in [1.29, 1.82) is 0 Å². The van der Waals surface area contributed by atoms with Crippen molar-refractivity contribution in [3.63, 3.8) is 0 Å². The maximum absolute atomic E-state index is 10.6. The van der Waals surface area contributed by atoms with Gasteiger partial charge in [0.25, 0.3) is 0 Å². The van der Waals surface area contributed by atoms with E-state index in [-0.39, 0.29) is 39.9 Å². The van der Waals surface area contributed by atoms with E-state index in [2.05, 4.69) is 0 Å². The summed E-state index contributed by atoms with van der Waals surface area (Å²) in [5.41, 5.74) is 0. The molecule has 0 aromatic carbocycles. The molecule has 0 atom stereocenters. The topological polar surface area (TPSA) is 34.1 Å². The van der Waals surface area contributed by atoms with Gasteiger partial charge < -0.3 is 0 Å². The van der Waals surface area contributed by atoms with Crippen LogP contribution in [-0.4, -0.2) is 11.6 Å². The van der Waals surface area contributed by atoms with Crippen molar-refractivity contribution in [3.8, 4) is 0 Å². The third-order valence-electron chi connectivity index (χ3n) is 1.39. The molecule has 2 nitrogen and oxygen atoms in total. The van der Waals surface area contributed by atoms with E-state index < -0.39 is 0 Å². The molecular formula is C7H12AgO2+.